The summed E-state index contributed by atoms with van der Waals surface area (Å²) in [4.78, 5) is 3.56. The van der Waals surface area contributed by atoms with Crippen LogP contribution in [0, 0.1) is 5.41 Å². The van der Waals surface area contributed by atoms with Crippen molar-refractivity contribution in [2.24, 2.45) is 5.41 Å². The highest BCUT2D eigenvalue weighted by Crippen LogP contribution is 2.37. The number of halogens is 3. The second-order valence-corrected chi connectivity index (χ2v) is 11.6. The van der Waals surface area contributed by atoms with Gasteiger partial charge in [-0.2, -0.15) is 13.2 Å². The number of nitrogens with zero attached hydrogens (tertiary/aromatic N) is 2. The van der Waals surface area contributed by atoms with Crippen molar-refractivity contribution < 1.29 is 21.6 Å². The van der Waals surface area contributed by atoms with Crippen LogP contribution in [0.1, 0.15) is 44.9 Å². The SMILES string of the molecule is CC(C)(C)Cn1cc(CNS(=O)(=O)C2CC2)c2ccc(-c3cccnc3C(F)(F)F)cc21. The quantitative estimate of drug-likeness (QED) is 0.534. The molecule has 172 valence electrons. The van der Waals surface area contributed by atoms with Crippen molar-refractivity contribution in [2.45, 2.75) is 58.1 Å². The van der Waals surface area contributed by atoms with Gasteiger partial charge in [-0.15, -0.1) is 0 Å². The number of sulfonamides is 1. The number of hydrogen-bond donors (Lipinski definition) is 1. The maximum atomic E-state index is 13.5. The largest absolute Gasteiger partial charge is 0.433 e. The number of hydrogen-bond acceptors (Lipinski definition) is 3. The minimum atomic E-state index is -4.56. The molecule has 0 radical (unpaired) electrons. The lowest BCUT2D eigenvalue weighted by Crippen LogP contribution is -2.26. The van der Waals surface area contributed by atoms with Gasteiger partial charge in [0.1, 0.15) is 0 Å². The van der Waals surface area contributed by atoms with E-state index in [2.05, 4.69) is 30.5 Å². The maximum Gasteiger partial charge on any atom is 0.433 e. The van der Waals surface area contributed by atoms with E-state index in [1.807, 2.05) is 10.8 Å². The topological polar surface area (TPSA) is 64.0 Å². The first-order chi connectivity index (χ1) is 14.9. The summed E-state index contributed by atoms with van der Waals surface area (Å²) in [6.45, 7) is 6.98. The van der Waals surface area contributed by atoms with Gasteiger partial charge in [0.15, 0.2) is 5.69 Å². The molecule has 5 nitrogen and oxygen atoms in total. The molecule has 3 aromatic rings. The van der Waals surface area contributed by atoms with Gasteiger partial charge in [0.2, 0.25) is 10.0 Å². The number of aromatic nitrogens is 2. The molecule has 1 saturated carbocycles. The second kappa shape index (κ2) is 7.88. The molecule has 1 aromatic carbocycles. The lowest BCUT2D eigenvalue weighted by molar-refractivity contribution is -0.140. The monoisotopic (exact) mass is 465 g/mol. The summed E-state index contributed by atoms with van der Waals surface area (Å²) in [5.41, 5.74) is 0.971. The van der Waals surface area contributed by atoms with Crippen molar-refractivity contribution in [3.63, 3.8) is 0 Å². The van der Waals surface area contributed by atoms with Crippen LogP contribution in [-0.2, 0) is 29.3 Å². The Hall–Kier alpha value is -2.39. The average Bonchev–Trinajstić information content (AvgIpc) is 3.50. The molecule has 0 bridgehead atoms. The molecule has 0 spiro atoms. The Kier molecular flexibility index (Phi) is 5.61. The third-order valence-electron chi connectivity index (χ3n) is 5.42. The molecule has 1 fully saturated rings. The summed E-state index contributed by atoms with van der Waals surface area (Å²) in [6, 6.07) is 8.03. The van der Waals surface area contributed by atoms with Gasteiger partial charge < -0.3 is 4.57 Å². The summed E-state index contributed by atoms with van der Waals surface area (Å²) < 4.78 is 69.7. The van der Waals surface area contributed by atoms with Crippen molar-refractivity contribution in [1.82, 2.24) is 14.3 Å². The smallest absolute Gasteiger partial charge is 0.347 e. The van der Waals surface area contributed by atoms with Gasteiger partial charge in [-0.25, -0.2) is 13.1 Å². The summed E-state index contributed by atoms with van der Waals surface area (Å²) >= 11 is 0. The molecule has 4 rings (SSSR count). The van der Waals surface area contributed by atoms with E-state index in [1.165, 1.54) is 12.1 Å². The molecule has 1 N–H and O–H groups in total. The highest BCUT2D eigenvalue weighted by atomic mass is 32.2. The fourth-order valence-corrected chi connectivity index (χ4v) is 5.21. The standard InChI is InChI=1S/C23H26F3N3O2S/c1-22(2,3)14-29-13-16(12-28-32(30,31)17-7-8-17)18-9-6-15(11-20(18)29)19-5-4-10-27-21(19)23(24,25)26/h4-6,9-11,13,17,28H,7-8,12,14H2,1-3H3. The number of nitrogens with one attached hydrogen (secondary N) is 1. The third kappa shape index (κ3) is 4.83. The van der Waals surface area contributed by atoms with E-state index in [-0.39, 0.29) is 22.8 Å². The molecule has 0 aliphatic heterocycles. The lowest BCUT2D eigenvalue weighted by atomic mass is 9.96. The minimum Gasteiger partial charge on any atom is -0.347 e. The Morgan fingerprint density at radius 1 is 1.16 bits per heavy atom. The predicted octanol–water partition coefficient (Wildman–Crippen LogP) is 5.35. The molecule has 2 heterocycles. The summed E-state index contributed by atoms with van der Waals surface area (Å²) in [5, 5.41) is 0.498. The third-order valence-corrected chi connectivity index (χ3v) is 7.32. The van der Waals surface area contributed by atoms with E-state index in [1.54, 1.807) is 18.2 Å². The molecule has 32 heavy (non-hydrogen) atoms. The van der Waals surface area contributed by atoms with Crippen LogP contribution in [0.3, 0.4) is 0 Å². The van der Waals surface area contributed by atoms with Gasteiger partial charge >= 0.3 is 6.18 Å². The molecule has 0 amide bonds. The van der Waals surface area contributed by atoms with Gasteiger partial charge in [-0.05, 0) is 41.5 Å². The lowest BCUT2D eigenvalue weighted by Gasteiger charge is -2.20. The van der Waals surface area contributed by atoms with Crippen LogP contribution < -0.4 is 4.72 Å². The van der Waals surface area contributed by atoms with Crippen molar-refractivity contribution >= 4 is 20.9 Å². The Labute approximate surface area is 185 Å². The summed E-state index contributed by atoms with van der Waals surface area (Å²) in [7, 11) is -3.35. The molecular formula is C23H26F3N3O2S. The fourth-order valence-electron chi connectivity index (χ4n) is 3.86. The van der Waals surface area contributed by atoms with Crippen LogP contribution in [0.25, 0.3) is 22.0 Å². The van der Waals surface area contributed by atoms with Gasteiger partial charge in [0, 0.05) is 41.9 Å². The van der Waals surface area contributed by atoms with Crippen molar-refractivity contribution in [1.29, 1.82) is 0 Å². The maximum absolute atomic E-state index is 13.5. The molecule has 0 unspecified atom stereocenters. The normalized spacial score (nSPS) is 15.4. The average molecular weight is 466 g/mol. The van der Waals surface area contributed by atoms with E-state index >= 15 is 0 Å². The van der Waals surface area contributed by atoms with Crippen LogP contribution in [0.2, 0.25) is 0 Å². The van der Waals surface area contributed by atoms with E-state index in [0.717, 1.165) is 22.7 Å². The van der Waals surface area contributed by atoms with E-state index < -0.39 is 21.9 Å². The minimum absolute atomic E-state index is 0.0152. The first kappa shape index (κ1) is 22.8. The number of fused-ring (bicyclic) bond motifs is 1. The number of pyridine rings is 1. The molecule has 1 aliphatic rings. The van der Waals surface area contributed by atoms with Crippen molar-refractivity contribution in [3.8, 4) is 11.1 Å². The fraction of sp³-hybridized carbons (Fsp3) is 0.435. The van der Waals surface area contributed by atoms with Gasteiger partial charge in [-0.3, -0.25) is 4.98 Å². The Bertz CT molecular complexity index is 1250. The van der Waals surface area contributed by atoms with Gasteiger partial charge in [0.25, 0.3) is 0 Å². The van der Waals surface area contributed by atoms with Crippen LogP contribution in [-0.4, -0.2) is 23.2 Å². The molecular weight excluding hydrogens is 439 g/mol. The number of benzene rings is 1. The highest BCUT2D eigenvalue weighted by molar-refractivity contribution is 7.90. The highest BCUT2D eigenvalue weighted by Gasteiger charge is 2.36. The van der Waals surface area contributed by atoms with E-state index in [9.17, 15) is 21.6 Å². The van der Waals surface area contributed by atoms with Crippen LogP contribution in [0.15, 0.2) is 42.7 Å². The molecule has 2 aromatic heterocycles. The molecule has 0 saturated heterocycles. The van der Waals surface area contributed by atoms with E-state index in [0.29, 0.717) is 24.9 Å². The van der Waals surface area contributed by atoms with Crippen LogP contribution in [0.5, 0.6) is 0 Å². The zero-order valence-electron chi connectivity index (χ0n) is 18.2. The summed E-state index contributed by atoms with van der Waals surface area (Å²) in [5.74, 6) is 0. The van der Waals surface area contributed by atoms with Crippen LogP contribution >= 0.6 is 0 Å². The van der Waals surface area contributed by atoms with Crippen molar-refractivity contribution in [2.75, 3.05) is 0 Å². The summed E-state index contributed by atoms with van der Waals surface area (Å²) in [6.07, 6.45) is -0.181. The zero-order valence-corrected chi connectivity index (χ0v) is 19.0. The number of alkyl halides is 3. The molecule has 0 atom stereocenters. The Morgan fingerprint density at radius 2 is 1.88 bits per heavy atom. The second-order valence-electron chi connectivity index (χ2n) is 9.54. The van der Waals surface area contributed by atoms with Crippen molar-refractivity contribution in [3.05, 3.63) is 54.0 Å². The molecule has 9 heteroatoms. The van der Waals surface area contributed by atoms with Gasteiger partial charge in [-0.1, -0.05) is 39.0 Å². The zero-order chi connectivity index (χ0) is 23.3. The first-order valence-electron chi connectivity index (χ1n) is 10.5. The predicted molar refractivity (Wildman–Crippen MR) is 118 cm³/mol. The first-order valence-corrected chi connectivity index (χ1v) is 12.0. The van der Waals surface area contributed by atoms with E-state index in [4.69, 9.17) is 0 Å². The van der Waals surface area contributed by atoms with Crippen LogP contribution in [0.4, 0.5) is 13.2 Å². The Balaban J connectivity index is 1.79. The molecule has 1 aliphatic carbocycles. The van der Waals surface area contributed by atoms with Gasteiger partial charge in [0.05, 0.1) is 5.25 Å². The number of rotatable bonds is 6. The Morgan fingerprint density at radius 3 is 2.50 bits per heavy atom.